The minimum Gasteiger partial charge on any atom is -0.392 e. The fourth-order valence-corrected chi connectivity index (χ4v) is 3.10. The van der Waals surface area contributed by atoms with Gasteiger partial charge in [-0.2, -0.15) is 0 Å². The van der Waals surface area contributed by atoms with Gasteiger partial charge in [-0.05, 0) is 64.5 Å². The van der Waals surface area contributed by atoms with Gasteiger partial charge in [0.15, 0.2) is 0 Å². The first-order valence-corrected chi connectivity index (χ1v) is 8.35. The second kappa shape index (κ2) is 8.07. The second-order valence-electron chi connectivity index (χ2n) is 4.39. The van der Waals surface area contributed by atoms with Crippen molar-refractivity contribution in [3.63, 3.8) is 0 Å². The molecule has 0 radical (unpaired) electrons. The van der Waals surface area contributed by atoms with Gasteiger partial charge in [-0.15, -0.1) is 0 Å². The van der Waals surface area contributed by atoms with E-state index in [9.17, 15) is 9.32 Å². The molecule has 0 heterocycles. The van der Waals surface area contributed by atoms with Crippen LogP contribution in [0.1, 0.15) is 24.8 Å². The molecule has 0 spiro atoms. The van der Waals surface area contributed by atoms with Gasteiger partial charge in [0, 0.05) is 4.90 Å². The highest BCUT2D eigenvalue weighted by atomic mass is 127. The maximum absolute atomic E-state index is 12.0. The minimum atomic E-state index is -1.11. The SMILES string of the molecule is C=C(I)CCCC(O)CS(=O)c1ccc(C)cc1. The number of aliphatic hydroxyl groups is 1. The van der Waals surface area contributed by atoms with Crippen LogP contribution in [0.15, 0.2) is 39.3 Å². The standard InChI is InChI=1S/C14H19IO2S/c1-11-6-8-14(9-7-11)18(17)10-13(16)5-3-4-12(2)15/h6-9,13,16H,2-5,10H2,1H3. The second-order valence-corrected chi connectivity index (χ2v) is 7.41. The van der Waals surface area contributed by atoms with E-state index in [1.165, 1.54) is 0 Å². The summed E-state index contributed by atoms with van der Waals surface area (Å²) in [6, 6.07) is 7.62. The number of allylic oxidation sites excluding steroid dienone is 1. The summed E-state index contributed by atoms with van der Waals surface area (Å²) < 4.78 is 13.1. The zero-order valence-electron chi connectivity index (χ0n) is 10.6. The fraction of sp³-hybridized carbons (Fsp3) is 0.429. The Bertz CT molecular complexity index is 414. The van der Waals surface area contributed by atoms with E-state index in [1.54, 1.807) is 0 Å². The third-order valence-corrected chi connectivity index (χ3v) is 4.64. The Balaban J connectivity index is 2.39. The van der Waals surface area contributed by atoms with Crippen LogP contribution in [0, 0.1) is 6.92 Å². The van der Waals surface area contributed by atoms with Crippen molar-refractivity contribution in [1.29, 1.82) is 0 Å². The summed E-state index contributed by atoms with van der Waals surface area (Å²) >= 11 is 2.19. The van der Waals surface area contributed by atoms with Gasteiger partial charge in [-0.25, -0.2) is 0 Å². The lowest BCUT2D eigenvalue weighted by molar-refractivity contribution is 0.185. The minimum absolute atomic E-state index is 0.316. The third kappa shape index (κ3) is 6.11. The number of halogens is 1. The van der Waals surface area contributed by atoms with Gasteiger partial charge >= 0.3 is 0 Å². The summed E-state index contributed by atoms with van der Waals surface area (Å²) in [6.45, 7) is 5.81. The van der Waals surface area contributed by atoms with Crippen LogP contribution in [0.5, 0.6) is 0 Å². The molecule has 0 saturated carbocycles. The molecule has 0 aliphatic carbocycles. The quantitative estimate of drug-likeness (QED) is 0.737. The zero-order valence-corrected chi connectivity index (χ0v) is 13.5. The largest absolute Gasteiger partial charge is 0.392 e. The number of rotatable bonds is 7. The topological polar surface area (TPSA) is 37.3 Å². The summed E-state index contributed by atoms with van der Waals surface area (Å²) in [4.78, 5) is 0.790. The van der Waals surface area contributed by atoms with Crippen LogP contribution < -0.4 is 0 Å². The van der Waals surface area contributed by atoms with Gasteiger partial charge in [0.25, 0.3) is 0 Å². The van der Waals surface area contributed by atoms with Gasteiger partial charge in [0.05, 0.1) is 22.7 Å². The van der Waals surface area contributed by atoms with Crippen LogP contribution in [-0.4, -0.2) is 21.2 Å². The van der Waals surface area contributed by atoms with Crippen LogP contribution >= 0.6 is 22.6 Å². The molecule has 18 heavy (non-hydrogen) atoms. The first-order chi connectivity index (χ1) is 8.49. The van der Waals surface area contributed by atoms with Crippen molar-refractivity contribution < 1.29 is 9.32 Å². The molecule has 0 aromatic heterocycles. The lowest BCUT2D eigenvalue weighted by Gasteiger charge is -2.10. The van der Waals surface area contributed by atoms with E-state index >= 15 is 0 Å². The Labute approximate surface area is 125 Å². The highest BCUT2D eigenvalue weighted by molar-refractivity contribution is 14.1. The lowest BCUT2D eigenvalue weighted by Crippen LogP contribution is -2.16. The smallest absolute Gasteiger partial charge is 0.0659 e. The van der Waals surface area contributed by atoms with Crippen molar-refractivity contribution in [1.82, 2.24) is 0 Å². The average molecular weight is 378 g/mol. The normalized spacial score (nSPS) is 14.2. The van der Waals surface area contributed by atoms with Crippen molar-refractivity contribution in [2.75, 3.05) is 5.75 Å². The molecule has 100 valence electrons. The Morgan fingerprint density at radius 1 is 1.44 bits per heavy atom. The Morgan fingerprint density at radius 2 is 2.06 bits per heavy atom. The van der Waals surface area contributed by atoms with E-state index in [2.05, 4.69) is 29.2 Å². The summed E-state index contributed by atoms with van der Waals surface area (Å²) in [5.41, 5.74) is 1.15. The molecule has 1 aromatic rings. The van der Waals surface area contributed by atoms with Crippen LogP contribution in [0.25, 0.3) is 0 Å². The number of aliphatic hydroxyl groups excluding tert-OH is 1. The Hall–Kier alpha value is -0.200. The van der Waals surface area contributed by atoms with Crippen molar-refractivity contribution >= 4 is 33.4 Å². The third-order valence-electron chi connectivity index (χ3n) is 2.61. The van der Waals surface area contributed by atoms with Crippen LogP contribution in [0.3, 0.4) is 0 Å². The molecule has 2 atom stereocenters. The molecule has 4 heteroatoms. The molecule has 1 rings (SSSR count). The van der Waals surface area contributed by atoms with Gasteiger partial charge < -0.3 is 5.11 Å². The molecule has 2 unspecified atom stereocenters. The first-order valence-electron chi connectivity index (χ1n) is 5.95. The van der Waals surface area contributed by atoms with E-state index < -0.39 is 16.9 Å². The molecule has 0 aliphatic heterocycles. The summed E-state index contributed by atoms with van der Waals surface area (Å²) in [5.74, 6) is 0.316. The van der Waals surface area contributed by atoms with E-state index in [0.29, 0.717) is 12.2 Å². The van der Waals surface area contributed by atoms with Gasteiger partial charge in [-0.3, -0.25) is 4.21 Å². The van der Waals surface area contributed by atoms with E-state index in [0.717, 1.165) is 26.9 Å². The van der Waals surface area contributed by atoms with E-state index in [4.69, 9.17) is 0 Å². The van der Waals surface area contributed by atoms with Crippen LogP contribution in [0.4, 0.5) is 0 Å². The van der Waals surface area contributed by atoms with Gasteiger partial charge in [0.2, 0.25) is 0 Å². The molecular formula is C14H19IO2S. The van der Waals surface area contributed by atoms with Gasteiger partial charge in [0.1, 0.15) is 0 Å². The summed E-state index contributed by atoms with van der Waals surface area (Å²) in [5, 5.41) is 9.82. The number of hydrogen-bond donors (Lipinski definition) is 1. The molecule has 0 amide bonds. The zero-order chi connectivity index (χ0) is 13.5. The maximum Gasteiger partial charge on any atom is 0.0659 e. The molecule has 1 aromatic carbocycles. The molecular weight excluding hydrogens is 359 g/mol. The summed E-state index contributed by atoms with van der Waals surface area (Å²) in [6.07, 6.45) is 1.99. The number of benzene rings is 1. The van der Waals surface area contributed by atoms with Gasteiger partial charge in [-0.1, -0.05) is 24.3 Å². The molecule has 1 N–H and O–H groups in total. The van der Waals surface area contributed by atoms with E-state index in [-0.39, 0.29) is 0 Å². The molecule has 0 bridgehead atoms. The average Bonchev–Trinajstić information content (AvgIpc) is 2.29. The Kier molecular flexibility index (Phi) is 7.11. The first kappa shape index (κ1) is 15.9. The van der Waals surface area contributed by atoms with Crippen LogP contribution in [0.2, 0.25) is 0 Å². The molecule has 0 aliphatic rings. The van der Waals surface area contributed by atoms with E-state index in [1.807, 2.05) is 31.2 Å². The highest BCUT2D eigenvalue weighted by Crippen LogP contribution is 2.15. The lowest BCUT2D eigenvalue weighted by atomic mass is 10.2. The molecule has 0 fully saturated rings. The monoisotopic (exact) mass is 378 g/mol. The van der Waals surface area contributed by atoms with Crippen molar-refractivity contribution in [2.45, 2.75) is 37.2 Å². The van der Waals surface area contributed by atoms with Crippen molar-refractivity contribution in [3.05, 3.63) is 40.0 Å². The predicted molar refractivity (Wildman–Crippen MR) is 85.5 cm³/mol. The number of hydrogen-bond acceptors (Lipinski definition) is 2. The van der Waals surface area contributed by atoms with Crippen molar-refractivity contribution in [3.8, 4) is 0 Å². The maximum atomic E-state index is 12.0. The highest BCUT2D eigenvalue weighted by Gasteiger charge is 2.11. The van der Waals surface area contributed by atoms with Crippen molar-refractivity contribution in [2.24, 2.45) is 0 Å². The molecule has 0 saturated heterocycles. The van der Waals surface area contributed by atoms with Crippen LogP contribution in [-0.2, 0) is 10.8 Å². The predicted octanol–water partition coefficient (Wildman–Crippen LogP) is 3.58. The summed E-state index contributed by atoms with van der Waals surface area (Å²) in [7, 11) is -1.11. The number of aryl methyl sites for hydroxylation is 1. The fourth-order valence-electron chi connectivity index (χ4n) is 1.57. The molecule has 2 nitrogen and oxygen atoms in total. The Morgan fingerprint density at radius 3 is 2.61 bits per heavy atom.